The summed E-state index contributed by atoms with van der Waals surface area (Å²) >= 11 is 0. The smallest absolute Gasteiger partial charge is 0.133 e. The molecule has 4 aromatic rings. The molecule has 0 bridgehead atoms. The predicted octanol–water partition coefficient (Wildman–Crippen LogP) is 6.65. The number of para-hydroxylation sites is 3. The largest absolute Gasteiger partial charge is 0.508 e. The number of hydrogen-bond donors (Lipinski definition) is 1. The van der Waals surface area contributed by atoms with Crippen LogP contribution in [0.3, 0.4) is 0 Å². The van der Waals surface area contributed by atoms with Gasteiger partial charge in [-0.2, -0.15) is 0 Å². The minimum absolute atomic E-state index is 0.148. The molecule has 0 saturated heterocycles. The maximum Gasteiger partial charge on any atom is 0.133 e. The van der Waals surface area contributed by atoms with E-state index < -0.39 is 0 Å². The van der Waals surface area contributed by atoms with Crippen molar-refractivity contribution in [2.75, 3.05) is 4.90 Å². The molecule has 0 aliphatic heterocycles. The van der Waals surface area contributed by atoms with Gasteiger partial charge in [-0.25, -0.2) is 0 Å². The van der Waals surface area contributed by atoms with E-state index in [1.165, 1.54) is 0 Å². The molecule has 0 heterocycles. The number of phenolic OH excluding ortho intramolecular Hbond substituents is 1. The molecule has 0 unspecified atom stereocenters. The summed E-state index contributed by atoms with van der Waals surface area (Å²) in [5.41, 5.74) is 2.82. The molecule has 0 atom stereocenters. The van der Waals surface area contributed by atoms with Crippen molar-refractivity contribution in [2.45, 2.75) is 0 Å². The van der Waals surface area contributed by atoms with Gasteiger partial charge in [0.05, 0.1) is 5.69 Å². The van der Waals surface area contributed by atoms with Gasteiger partial charge in [-0.15, -0.1) is 0 Å². The van der Waals surface area contributed by atoms with Crippen LogP contribution in [0.25, 0.3) is 0 Å². The average molecular weight is 353 g/mol. The molecule has 0 radical (unpaired) electrons. The molecule has 0 fully saturated rings. The topological polar surface area (TPSA) is 32.7 Å². The van der Waals surface area contributed by atoms with E-state index in [2.05, 4.69) is 4.90 Å². The molecule has 4 rings (SSSR count). The maximum atomic E-state index is 10.3. The quantitative estimate of drug-likeness (QED) is 0.436. The first-order valence-corrected chi connectivity index (χ1v) is 8.77. The van der Waals surface area contributed by atoms with Crippen LogP contribution in [-0.2, 0) is 0 Å². The second kappa shape index (κ2) is 7.67. The van der Waals surface area contributed by atoms with Crippen LogP contribution in [-0.4, -0.2) is 5.11 Å². The Morgan fingerprint density at radius 2 is 1.04 bits per heavy atom. The number of anilines is 3. The van der Waals surface area contributed by atoms with Crippen LogP contribution in [0.15, 0.2) is 109 Å². The highest BCUT2D eigenvalue weighted by molar-refractivity contribution is 5.77. The second-order valence-electron chi connectivity index (χ2n) is 6.11. The zero-order valence-corrected chi connectivity index (χ0v) is 14.7. The molecule has 0 amide bonds. The molecule has 0 aromatic heterocycles. The van der Waals surface area contributed by atoms with Gasteiger partial charge < -0.3 is 14.7 Å². The van der Waals surface area contributed by atoms with Crippen molar-refractivity contribution in [3.63, 3.8) is 0 Å². The molecule has 0 saturated carbocycles. The van der Waals surface area contributed by atoms with E-state index in [0.29, 0.717) is 5.75 Å². The number of phenols is 1. The SMILES string of the molecule is Oc1cc(Oc2ccccc2)cc(N(c2ccccc2)c2ccccc2)c1. The van der Waals surface area contributed by atoms with E-state index in [-0.39, 0.29) is 5.75 Å². The summed E-state index contributed by atoms with van der Waals surface area (Å²) in [6.07, 6.45) is 0. The summed E-state index contributed by atoms with van der Waals surface area (Å²) in [6, 6.07) is 34.9. The van der Waals surface area contributed by atoms with Gasteiger partial charge in [-0.1, -0.05) is 54.6 Å². The lowest BCUT2D eigenvalue weighted by atomic mass is 10.2. The van der Waals surface area contributed by atoms with E-state index in [9.17, 15) is 5.11 Å². The summed E-state index contributed by atoms with van der Waals surface area (Å²) in [7, 11) is 0. The lowest BCUT2D eigenvalue weighted by Gasteiger charge is -2.26. The van der Waals surface area contributed by atoms with Crippen LogP contribution in [0.4, 0.5) is 17.1 Å². The maximum absolute atomic E-state index is 10.3. The van der Waals surface area contributed by atoms with Crippen LogP contribution in [0, 0.1) is 0 Å². The van der Waals surface area contributed by atoms with Crippen molar-refractivity contribution in [2.24, 2.45) is 0 Å². The molecule has 1 N–H and O–H groups in total. The monoisotopic (exact) mass is 353 g/mol. The molecule has 4 aromatic carbocycles. The average Bonchev–Trinajstić information content (AvgIpc) is 2.70. The predicted molar refractivity (Wildman–Crippen MR) is 109 cm³/mol. The van der Waals surface area contributed by atoms with Crippen molar-refractivity contribution in [1.29, 1.82) is 0 Å². The standard InChI is InChI=1S/C24H19NO2/c26-22-16-21(17-24(18-22)27-23-14-8-3-9-15-23)25(19-10-4-1-5-11-19)20-12-6-2-7-13-20/h1-18,26H. The van der Waals surface area contributed by atoms with Crippen molar-refractivity contribution in [3.8, 4) is 17.2 Å². The van der Waals surface area contributed by atoms with Crippen LogP contribution in [0.2, 0.25) is 0 Å². The molecule has 132 valence electrons. The third kappa shape index (κ3) is 3.93. The lowest BCUT2D eigenvalue weighted by molar-refractivity contribution is 0.455. The summed E-state index contributed by atoms with van der Waals surface area (Å²) < 4.78 is 5.94. The number of rotatable bonds is 5. The van der Waals surface area contributed by atoms with E-state index in [1.54, 1.807) is 12.1 Å². The lowest BCUT2D eigenvalue weighted by Crippen LogP contribution is -2.09. The van der Waals surface area contributed by atoms with Crippen molar-refractivity contribution in [1.82, 2.24) is 0 Å². The highest BCUT2D eigenvalue weighted by atomic mass is 16.5. The van der Waals surface area contributed by atoms with E-state index in [1.807, 2.05) is 97.1 Å². The molecular weight excluding hydrogens is 334 g/mol. The fraction of sp³-hybridized carbons (Fsp3) is 0. The normalized spacial score (nSPS) is 10.4. The molecule has 0 aliphatic carbocycles. The number of benzene rings is 4. The minimum Gasteiger partial charge on any atom is -0.508 e. The van der Waals surface area contributed by atoms with Gasteiger partial charge in [-0.05, 0) is 36.4 Å². The Kier molecular flexibility index (Phi) is 4.75. The van der Waals surface area contributed by atoms with Gasteiger partial charge in [0, 0.05) is 29.6 Å². The molecule has 27 heavy (non-hydrogen) atoms. The van der Waals surface area contributed by atoms with Crippen molar-refractivity contribution in [3.05, 3.63) is 109 Å². The Morgan fingerprint density at radius 1 is 0.519 bits per heavy atom. The van der Waals surface area contributed by atoms with Crippen LogP contribution >= 0.6 is 0 Å². The molecule has 3 heteroatoms. The Hall–Kier alpha value is -3.72. The van der Waals surface area contributed by atoms with E-state index >= 15 is 0 Å². The first kappa shape index (κ1) is 16.7. The van der Waals surface area contributed by atoms with Crippen molar-refractivity contribution >= 4 is 17.1 Å². The minimum atomic E-state index is 0.148. The third-order valence-corrected chi connectivity index (χ3v) is 4.14. The van der Waals surface area contributed by atoms with Gasteiger partial charge in [0.25, 0.3) is 0 Å². The molecule has 0 aliphatic rings. The van der Waals surface area contributed by atoms with Gasteiger partial charge in [0.2, 0.25) is 0 Å². The highest BCUT2D eigenvalue weighted by Crippen LogP contribution is 2.38. The Labute approximate surface area is 158 Å². The number of aromatic hydroxyl groups is 1. The summed E-state index contributed by atoms with van der Waals surface area (Å²) in [5.74, 6) is 1.45. The molecule has 3 nitrogen and oxygen atoms in total. The van der Waals surface area contributed by atoms with Crippen LogP contribution < -0.4 is 9.64 Å². The zero-order valence-electron chi connectivity index (χ0n) is 14.7. The van der Waals surface area contributed by atoms with Gasteiger partial charge in [-0.3, -0.25) is 0 Å². The van der Waals surface area contributed by atoms with Gasteiger partial charge in [0.1, 0.15) is 17.2 Å². The van der Waals surface area contributed by atoms with E-state index in [4.69, 9.17) is 4.74 Å². The fourth-order valence-electron chi connectivity index (χ4n) is 2.98. The third-order valence-electron chi connectivity index (χ3n) is 4.14. The highest BCUT2D eigenvalue weighted by Gasteiger charge is 2.14. The fourth-order valence-corrected chi connectivity index (χ4v) is 2.98. The number of nitrogens with zero attached hydrogens (tertiary/aromatic N) is 1. The summed E-state index contributed by atoms with van der Waals surface area (Å²) in [4.78, 5) is 2.08. The second-order valence-corrected chi connectivity index (χ2v) is 6.11. The Morgan fingerprint density at radius 3 is 1.59 bits per heavy atom. The first-order chi connectivity index (χ1) is 13.3. The molecular formula is C24H19NO2. The first-order valence-electron chi connectivity index (χ1n) is 8.77. The van der Waals surface area contributed by atoms with Gasteiger partial charge >= 0.3 is 0 Å². The van der Waals surface area contributed by atoms with Gasteiger partial charge in [0.15, 0.2) is 0 Å². The summed E-state index contributed by atoms with van der Waals surface area (Å²) in [5, 5.41) is 10.3. The van der Waals surface area contributed by atoms with Crippen LogP contribution in [0.1, 0.15) is 0 Å². The van der Waals surface area contributed by atoms with E-state index in [0.717, 1.165) is 22.8 Å². The Bertz CT molecular complexity index is 963. The zero-order chi connectivity index (χ0) is 18.5. The summed E-state index contributed by atoms with van der Waals surface area (Å²) in [6.45, 7) is 0. The van der Waals surface area contributed by atoms with Crippen molar-refractivity contribution < 1.29 is 9.84 Å². The van der Waals surface area contributed by atoms with Crippen LogP contribution in [0.5, 0.6) is 17.2 Å². The number of ether oxygens (including phenoxy) is 1. The number of hydrogen-bond acceptors (Lipinski definition) is 3. The Balaban J connectivity index is 1.78. The molecule has 0 spiro atoms.